The summed E-state index contributed by atoms with van der Waals surface area (Å²) in [4.78, 5) is 11.4. The van der Waals surface area contributed by atoms with Gasteiger partial charge in [-0.05, 0) is 92.2 Å². The van der Waals surface area contributed by atoms with Crippen LogP contribution in [-0.2, 0) is 29.0 Å². The number of nitrogens with zero attached hydrogens (tertiary/aromatic N) is 3. The summed E-state index contributed by atoms with van der Waals surface area (Å²) in [6, 6.07) is 13.1. The summed E-state index contributed by atoms with van der Waals surface area (Å²) in [5.41, 5.74) is 5.95. The summed E-state index contributed by atoms with van der Waals surface area (Å²) in [5, 5.41) is 4.74. The molecule has 1 unspecified atom stereocenters. The van der Waals surface area contributed by atoms with Gasteiger partial charge in [0.15, 0.2) is 0 Å². The zero-order valence-electron chi connectivity index (χ0n) is 24.5. The lowest BCUT2D eigenvalue weighted by Gasteiger charge is -2.46. The van der Waals surface area contributed by atoms with Gasteiger partial charge in [0.1, 0.15) is 12.3 Å². The molecule has 0 bridgehead atoms. The predicted octanol–water partition coefficient (Wildman–Crippen LogP) is 2.77. The molecule has 6 nitrogen and oxygen atoms in total. The second-order valence-electron chi connectivity index (χ2n) is 11.9. The van der Waals surface area contributed by atoms with Crippen molar-refractivity contribution in [2.24, 2.45) is 17.3 Å². The largest absolute Gasteiger partial charge is 1.00 e. The van der Waals surface area contributed by atoms with Gasteiger partial charge in [-0.25, -0.2) is 4.57 Å². The van der Waals surface area contributed by atoms with Crippen LogP contribution >= 0.6 is 0 Å². The van der Waals surface area contributed by atoms with E-state index >= 15 is 0 Å². The van der Waals surface area contributed by atoms with Gasteiger partial charge in [0.05, 0.1) is 12.6 Å². The van der Waals surface area contributed by atoms with Crippen LogP contribution in [0.3, 0.4) is 0 Å². The molecular formula is C32H44BrN3O3. The van der Waals surface area contributed by atoms with E-state index < -0.39 is 0 Å². The molecule has 3 atom stereocenters. The molecule has 1 fully saturated rings. The molecule has 0 N–H and O–H groups in total. The van der Waals surface area contributed by atoms with Gasteiger partial charge in [-0.1, -0.05) is 43.7 Å². The number of aromatic nitrogens is 3. The first kappa shape index (κ1) is 31.0. The number of carbonyl (C=O) groups excluding carboxylic acids is 1. The van der Waals surface area contributed by atoms with E-state index in [1.807, 2.05) is 27.3 Å². The highest BCUT2D eigenvalue weighted by Gasteiger charge is 2.45. The number of hydrogen-bond donors (Lipinski definition) is 0. The number of hydrogen-bond acceptors (Lipinski definition) is 4. The Morgan fingerprint density at radius 2 is 1.77 bits per heavy atom. The van der Waals surface area contributed by atoms with Crippen molar-refractivity contribution in [1.29, 1.82) is 0 Å². The third-order valence-corrected chi connectivity index (χ3v) is 8.26. The molecule has 7 heteroatoms. The summed E-state index contributed by atoms with van der Waals surface area (Å²) in [7, 11) is 1.87. The van der Waals surface area contributed by atoms with Gasteiger partial charge in [-0.3, -0.25) is 4.79 Å². The van der Waals surface area contributed by atoms with Crippen LogP contribution in [0.2, 0.25) is 0 Å². The molecule has 39 heavy (non-hydrogen) atoms. The van der Waals surface area contributed by atoms with Gasteiger partial charge in [-0.15, -0.1) is 4.68 Å². The topological polar surface area (TPSA) is 57.2 Å². The van der Waals surface area contributed by atoms with Gasteiger partial charge >= 0.3 is 5.97 Å². The van der Waals surface area contributed by atoms with Crippen molar-refractivity contribution in [3.8, 4) is 5.75 Å². The lowest BCUT2D eigenvalue weighted by Crippen LogP contribution is -3.00. The summed E-state index contributed by atoms with van der Waals surface area (Å²) >= 11 is 0. The highest BCUT2D eigenvalue weighted by atomic mass is 79.9. The smallest absolute Gasteiger partial charge is 0.308 e. The molecule has 3 aromatic rings. The van der Waals surface area contributed by atoms with Gasteiger partial charge < -0.3 is 26.5 Å². The molecule has 1 saturated carbocycles. The number of carbonyl (C=O) groups is 1. The Morgan fingerprint density at radius 1 is 1.10 bits per heavy atom. The molecule has 0 amide bonds. The second kappa shape index (κ2) is 13.2. The molecule has 1 heterocycles. The molecule has 212 valence electrons. The zero-order chi connectivity index (χ0) is 27.4. The molecule has 4 rings (SSSR count). The maximum atomic E-state index is 11.4. The fourth-order valence-corrected chi connectivity index (χ4v) is 6.35. The number of aryl methyl sites for hydroxylation is 4. The molecule has 0 saturated heterocycles. The number of methoxy groups -OCH3 is 1. The van der Waals surface area contributed by atoms with Crippen molar-refractivity contribution >= 4 is 5.97 Å². The van der Waals surface area contributed by atoms with Crippen molar-refractivity contribution in [3.63, 3.8) is 0 Å². The van der Waals surface area contributed by atoms with Gasteiger partial charge in [-0.2, -0.15) is 0 Å². The van der Waals surface area contributed by atoms with Crippen LogP contribution in [0.1, 0.15) is 67.9 Å². The van der Waals surface area contributed by atoms with Crippen LogP contribution in [0.5, 0.6) is 5.75 Å². The van der Waals surface area contributed by atoms with Crippen LogP contribution in [0.25, 0.3) is 0 Å². The SMILES string of the molecule is CO[C@H]1C(Cn2c[n+](Cc3cc(C)c(OC(C)=O)c(C)c3)cn2)[C@H](CCc2ccc(C)cc2)CCC1(C)C.[Br-]. The normalized spacial score (nSPS) is 20.3. The number of rotatable bonds is 9. The minimum atomic E-state index is -0.294. The van der Waals surface area contributed by atoms with Crippen LogP contribution in [-0.4, -0.2) is 29.0 Å². The van der Waals surface area contributed by atoms with Crippen molar-refractivity contribution in [3.05, 3.63) is 76.9 Å². The molecule has 1 aromatic heterocycles. The Hall–Kier alpha value is -2.51. The first-order chi connectivity index (χ1) is 18.1. The first-order valence-electron chi connectivity index (χ1n) is 13.8. The number of esters is 1. The Balaban J connectivity index is 0.00000420. The van der Waals surface area contributed by atoms with Gasteiger partial charge in [0, 0.05) is 25.1 Å². The molecule has 0 radical (unpaired) electrons. The number of benzene rings is 2. The minimum absolute atomic E-state index is 0. The van der Waals surface area contributed by atoms with E-state index in [-0.39, 0.29) is 34.5 Å². The quantitative estimate of drug-likeness (QED) is 0.216. The average molecular weight is 599 g/mol. The lowest BCUT2D eigenvalue weighted by molar-refractivity contribution is -0.689. The third kappa shape index (κ3) is 7.79. The van der Waals surface area contributed by atoms with E-state index in [2.05, 4.69) is 72.7 Å². The predicted molar refractivity (Wildman–Crippen MR) is 149 cm³/mol. The van der Waals surface area contributed by atoms with Crippen molar-refractivity contribution in [1.82, 2.24) is 9.78 Å². The summed E-state index contributed by atoms with van der Waals surface area (Å²) in [6.45, 7) is 13.8. The van der Waals surface area contributed by atoms with E-state index in [0.717, 1.165) is 36.1 Å². The molecular weight excluding hydrogens is 554 g/mol. The van der Waals surface area contributed by atoms with E-state index in [4.69, 9.17) is 14.6 Å². The monoisotopic (exact) mass is 597 g/mol. The van der Waals surface area contributed by atoms with E-state index in [9.17, 15) is 4.79 Å². The fraction of sp³-hybridized carbons (Fsp3) is 0.531. The maximum Gasteiger partial charge on any atom is 0.308 e. The Kier molecular flexibility index (Phi) is 10.5. The average Bonchev–Trinajstić information content (AvgIpc) is 3.28. The third-order valence-electron chi connectivity index (χ3n) is 8.26. The fourth-order valence-electron chi connectivity index (χ4n) is 6.35. The molecule has 2 aromatic carbocycles. The first-order valence-corrected chi connectivity index (χ1v) is 13.8. The van der Waals surface area contributed by atoms with E-state index in [1.54, 1.807) is 0 Å². The van der Waals surface area contributed by atoms with Crippen molar-refractivity contribution in [2.75, 3.05) is 7.11 Å². The summed E-state index contributed by atoms with van der Waals surface area (Å²) < 4.78 is 15.8. The van der Waals surface area contributed by atoms with Crippen LogP contribution < -0.4 is 26.3 Å². The Labute approximate surface area is 244 Å². The lowest BCUT2D eigenvalue weighted by atomic mass is 9.63. The number of halogens is 1. The van der Waals surface area contributed by atoms with E-state index in [1.165, 1.54) is 30.9 Å². The van der Waals surface area contributed by atoms with Crippen LogP contribution in [0, 0.1) is 38.0 Å². The van der Waals surface area contributed by atoms with Crippen LogP contribution in [0.15, 0.2) is 49.1 Å². The molecule has 0 aliphatic heterocycles. The van der Waals surface area contributed by atoms with Crippen LogP contribution in [0.4, 0.5) is 0 Å². The molecule has 1 aliphatic carbocycles. The minimum Gasteiger partial charge on any atom is -1.00 e. The Morgan fingerprint density at radius 3 is 2.38 bits per heavy atom. The standard InChI is InChI=1S/C32H44N3O3.BrH/c1-22-8-10-26(11-9-22)12-13-28-14-15-32(5,6)31(37-7)29(28)19-35-21-34(20-33-35)18-27-16-23(2)30(24(3)17-27)38-25(4)36;/h8-11,16-17,20-21,28-29,31H,12-15,18-19H2,1-7H3;1H/q+1;/p-1/t28-,29?,31+;/m1./s1. The molecule has 1 aliphatic rings. The summed E-state index contributed by atoms with van der Waals surface area (Å²) in [6.07, 6.45) is 8.87. The second-order valence-corrected chi connectivity index (χ2v) is 11.9. The van der Waals surface area contributed by atoms with Gasteiger partial charge in [0.2, 0.25) is 6.33 Å². The highest BCUT2D eigenvalue weighted by Crippen LogP contribution is 2.45. The van der Waals surface area contributed by atoms with Crippen molar-refractivity contribution in [2.45, 2.75) is 86.4 Å². The highest BCUT2D eigenvalue weighted by molar-refractivity contribution is 5.70. The zero-order valence-corrected chi connectivity index (χ0v) is 26.1. The van der Waals surface area contributed by atoms with Crippen molar-refractivity contribution < 1.29 is 35.8 Å². The van der Waals surface area contributed by atoms with Gasteiger partial charge in [0.25, 0.3) is 6.33 Å². The summed E-state index contributed by atoms with van der Waals surface area (Å²) in [5.74, 6) is 1.35. The maximum absolute atomic E-state index is 11.4. The van der Waals surface area contributed by atoms with E-state index in [0.29, 0.717) is 24.1 Å². The number of ether oxygens (including phenoxy) is 2. The Bertz CT molecular complexity index is 1230. The molecule has 0 spiro atoms.